The third kappa shape index (κ3) is 8.32. The summed E-state index contributed by atoms with van der Waals surface area (Å²) < 4.78 is 0. The molecule has 0 saturated heterocycles. The van der Waals surface area contributed by atoms with Crippen LogP contribution in [0.2, 0.25) is 0 Å². The van der Waals surface area contributed by atoms with Crippen molar-refractivity contribution in [1.29, 1.82) is 0 Å². The molecule has 0 N–H and O–H groups in total. The summed E-state index contributed by atoms with van der Waals surface area (Å²) in [5, 5.41) is 0. The Kier molecular flexibility index (Phi) is 10.7. The highest BCUT2D eigenvalue weighted by Gasteiger charge is 2.32. The molecule has 4 fully saturated rings. The minimum atomic E-state index is 0. The maximum atomic E-state index is 2.44. The van der Waals surface area contributed by atoms with E-state index in [1.807, 2.05) is 0 Å². The monoisotopic (exact) mass is 282 g/mol. The van der Waals surface area contributed by atoms with Gasteiger partial charge in [0.15, 0.2) is 0 Å². The largest absolute Gasteiger partial charge is 0.0776 e. The summed E-state index contributed by atoms with van der Waals surface area (Å²) in [5.74, 6) is 4.28. The molecule has 0 radical (unpaired) electrons. The van der Waals surface area contributed by atoms with Gasteiger partial charge in [0.1, 0.15) is 0 Å². The number of fused-ring (bicyclic) bond motifs is 2. The van der Waals surface area contributed by atoms with E-state index in [-0.39, 0.29) is 14.9 Å². The van der Waals surface area contributed by atoms with Gasteiger partial charge in [-0.25, -0.2) is 0 Å². The van der Waals surface area contributed by atoms with Gasteiger partial charge in [0.2, 0.25) is 0 Å². The molecular weight excluding hydrogens is 240 g/mol. The average Bonchev–Trinajstić information content (AvgIpc) is 2.97. The standard InChI is InChI=1S/C11H20.C4H8.C3H6.2CH4/c1-8-3-10-5-9(2)6-11(4-8)7-10;1-2-4-3-1;1-2-3-1;;/h8-11H,3-7H2,1-2H3;1-4H2;1-3H2;2*1H4. The molecule has 0 atom stereocenters. The number of rotatable bonds is 0. The second-order valence-corrected chi connectivity index (χ2v) is 7.60. The normalized spacial score (nSPS) is 36.3. The highest BCUT2D eigenvalue weighted by atomic mass is 14.4. The second-order valence-electron chi connectivity index (χ2n) is 7.60. The zero-order valence-electron chi connectivity index (χ0n) is 12.8. The van der Waals surface area contributed by atoms with Crippen LogP contribution in [0.4, 0.5) is 0 Å². The van der Waals surface area contributed by atoms with E-state index < -0.39 is 0 Å². The van der Waals surface area contributed by atoms with Gasteiger partial charge in [-0.3, -0.25) is 0 Å². The summed E-state index contributed by atoms with van der Waals surface area (Å²) in [5.41, 5.74) is 0. The molecule has 0 aromatic rings. The lowest BCUT2D eigenvalue weighted by Crippen LogP contribution is -2.29. The molecule has 4 aliphatic carbocycles. The molecule has 4 rings (SSSR count). The van der Waals surface area contributed by atoms with Gasteiger partial charge in [-0.1, -0.05) is 73.6 Å². The van der Waals surface area contributed by atoms with Gasteiger partial charge in [-0.05, 0) is 55.8 Å². The van der Waals surface area contributed by atoms with Crippen LogP contribution in [-0.4, -0.2) is 0 Å². The zero-order chi connectivity index (χ0) is 12.8. The van der Waals surface area contributed by atoms with E-state index in [1.165, 1.54) is 70.6 Å². The van der Waals surface area contributed by atoms with Crippen molar-refractivity contribution in [3.8, 4) is 0 Å². The quantitative estimate of drug-likeness (QED) is 0.432. The van der Waals surface area contributed by atoms with Crippen LogP contribution in [0, 0.1) is 23.7 Å². The van der Waals surface area contributed by atoms with Crippen LogP contribution in [-0.2, 0) is 0 Å². The molecule has 4 saturated carbocycles. The van der Waals surface area contributed by atoms with Gasteiger partial charge in [-0.2, -0.15) is 0 Å². The van der Waals surface area contributed by atoms with E-state index >= 15 is 0 Å². The van der Waals surface area contributed by atoms with Gasteiger partial charge in [-0.15, -0.1) is 0 Å². The second kappa shape index (κ2) is 10.7. The predicted molar refractivity (Wildman–Crippen MR) is 94.2 cm³/mol. The zero-order valence-corrected chi connectivity index (χ0v) is 12.8. The van der Waals surface area contributed by atoms with Crippen molar-refractivity contribution in [1.82, 2.24) is 0 Å². The summed E-state index contributed by atoms with van der Waals surface area (Å²) in [4.78, 5) is 0. The van der Waals surface area contributed by atoms with Gasteiger partial charge >= 0.3 is 0 Å². The topological polar surface area (TPSA) is 0 Å². The first-order valence-corrected chi connectivity index (χ1v) is 8.74. The Hall–Kier alpha value is 0. The molecule has 122 valence electrons. The van der Waals surface area contributed by atoms with Crippen LogP contribution in [0.1, 0.15) is 106 Å². The van der Waals surface area contributed by atoms with Gasteiger partial charge in [0, 0.05) is 0 Å². The maximum absolute atomic E-state index is 2.44. The summed E-state index contributed by atoms with van der Waals surface area (Å²) in [6.45, 7) is 4.88. The third-order valence-corrected chi connectivity index (χ3v) is 4.96. The van der Waals surface area contributed by atoms with Gasteiger partial charge in [0.25, 0.3) is 0 Å². The molecule has 4 aliphatic rings. The van der Waals surface area contributed by atoms with E-state index in [4.69, 9.17) is 0 Å². The highest BCUT2D eigenvalue weighted by Crippen LogP contribution is 2.44. The van der Waals surface area contributed by atoms with E-state index in [9.17, 15) is 0 Å². The van der Waals surface area contributed by atoms with Gasteiger partial charge in [0.05, 0.1) is 0 Å². The lowest BCUT2D eigenvalue weighted by atomic mass is 9.65. The average molecular weight is 283 g/mol. The first-order chi connectivity index (χ1) is 8.74. The van der Waals surface area contributed by atoms with Crippen LogP contribution >= 0.6 is 0 Å². The fraction of sp³-hybridized carbons (Fsp3) is 1.00. The molecule has 20 heavy (non-hydrogen) atoms. The lowest BCUT2D eigenvalue weighted by molar-refractivity contribution is 0.111. The number of hydrogen-bond acceptors (Lipinski definition) is 0. The predicted octanol–water partition coefficient (Wildman–Crippen LogP) is 7.47. The molecule has 2 bridgehead atoms. The molecule has 0 aliphatic heterocycles. The minimum absolute atomic E-state index is 0. The van der Waals surface area contributed by atoms with Crippen molar-refractivity contribution in [2.75, 3.05) is 0 Å². The van der Waals surface area contributed by atoms with E-state index in [0.717, 1.165) is 23.7 Å². The van der Waals surface area contributed by atoms with Crippen LogP contribution in [0.3, 0.4) is 0 Å². The number of hydrogen-bond donors (Lipinski definition) is 0. The molecular formula is C20H42. The minimum Gasteiger partial charge on any atom is -0.0776 e. The van der Waals surface area contributed by atoms with E-state index in [2.05, 4.69) is 13.8 Å². The van der Waals surface area contributed by atoms with Crippen molar-refractivity contribution in [2.24, 2.45) is 23.7 Å². The molecule has 0 amide bonds. The Morgan fingerprint density at radius 2 is 0.700 bits per heavy atom. The van der Waals surface area contributed by atoms with Crippen molar-refractivity contribution in [3.63, 3.8) is 0 Å². The Labute approximate surface area is 130 Å². The summed E-state index contributed by atoms with van der Waals surface area (Å²) >= 11 is 0. The Balaban J connectivity index is 0.000000334. The van der Waals surface area contributed by atoms with E-state index in [0.29, 0.717) is 0 Å². The third-order valence-electron chi connectivity index (χ3n) is 4.96. The molecule has 0 heterocycles. The van der Waals surface area contributed by atoms with Crippen molar-refractivity contribution in [3.05, 3.63) is 0 Å². The van der Waals surface area contributed by atoms with Crippen LogP contribution in [0.25, 0.3) is 0 Å². The summed E-state index contributed by atoms with van der Waals surface area (Å²) in [7, 11) is 0. The first-order valence-electron chi connectivity index (χ1n) is 8.74. The molecule has 0 aromatic carbocycles. The smallest absolute Gasteiger partial charge is 0.0407 e. The Morgan fingerprint density at radius 3 is 0.900 bits per heavy atom. The Morgan fingerprint density at radius 1 is 0.450 bits per heavy atom. The van der Waals surface area contributed by atoms with E-state index in [1.54, 1.807) is 6.42 Å². The molecule has 0 aromatic heterocycles. The lowest BCUT2D eigenvalue weighted by Gasteiger charge is -2.40. The fourth-order valence-corrected chi connectivity index (χ4v) is 3.77. The fourth-order valence-electron chi connectivity index (χ4n) is 3.77. The molecule has 0 spiro atoms. The Bertz CT molecular complexity index is 174. The van der Waals surface area contributed by atoms with Crippen LogP contribution < -0.4 is 0 Å². The van der Waals surface area contributed by atoms with Crippen LogP contribution in [0.15, 0.2) is 0 Å². The SMILES string of the molecule is C.C.C1CC1.C1CCC1.CC1CC2CC(C)CC(C1)C2. The molecule has 0 unspecified atom stereocenters. The van der Waals surface area contributed by atoms with Crippen molar-refractivity contribution < 1.29 is 0 Å². The first kappa shape index (κ1) is 20.0. The van der Waals surface area contributed by atoms with Crippen molar-refractivity contribution in [2.45, 2.75) is 106 Å². The van der Waals surface area contributed by atoms with Gasteiger partial charge < -0.3 is 0 Å². The summed E-state index contributed by atoms with van der Waals surface area (Å²) in [6, 6.07) is 0. The van der Waals surface area contributed by atoms with Crippen molar-refractivity contribution >= 4 is 0 Å². The van der Waals surface area contributed by atoms with Crippen LogP contribution in [0.5, 0.6) is 0 Å². The molecule has 0 nitrogen and oxygen atoms in total. The molecule has 0 heteroatoms. The maximum Gasteiger partial charge on any atom is -0.0407 e. The highest BCUT2D eigenvalue weighted by molar-refractivity contribution is 4.83. The summed E-state index contributed by atoms with van der Waals surface area (Å²) in [6.07, 6.45) is 18.2.